The van der Waals surface area contributed by atoms with Gasteiger partial charge in [0.05, 0.1) is 0 Å². The second-order valence-electron chi connectivity index (χ2n) is 6.69. The molecule has 27 heavy (non-hydrogen) atoms. The van der Waals surface area contributed by atoms with E-state index in [1.54, 1.807) is 24.3 Å². The van der Waals surface area contributed by atoms with Crippen LogP contribution < -0.4 is 10.1 Å². The van der Waals surface area contributed by atoms with Crippen molar-refractivity contribution in [2.45, 2.75) is 46.5 Å². The van der Waals surface area contributed by atoms with Gasteiger partial charge in [-0.2, -0.15) is 0 Å². The number of aromatic hydroxyl groups is 1. The lowest BCUT2D eigenvalue weighted by atomic mass is 9.97. The van der Waals surface area contributed by atoms with Crippen molar-refractivity contribution in [1.82, 2.24) is 0 Å². The topological polar surface area (TPSA) is 95.9 Å². The number of anilines is 1. The van der Waals surface area contributed by atoms with E-state index in [9.17, 15) is 14.7 Å². The van der Waals surface area contributed by atoms with Crippen LogP contribution in [0.25, 0.3) is 0 Å². The molecule has 6 heteroatoms. The van der Waals surface area contributed by atoms with Crippen LogP contribution in [-0.4, -0.2) is 22.1 Å². The van der Waals surface area contributed by atoms with Crippen molar-refractivity contribution >= 4 is 17.6 Å². The second kappa shape index (κ2) is 8.58. The summed E-state index contributed by atoms with van der Waals surface area (Å²) in [5.74, 6) is -0.00905. The predicted octanol–water partition coefficient (Wildman–Crippen LogP) is 4.73. The van der Waals surface area contributed by atoms with Crippen molar-refractivity contribution in [2.24, 2.45) is 0 Å². The molecule has 0 heterocycles. The summed E-state index contributed by atoms with van der Waals surface area (Å²) < 4.78 is 6.04. The standard InChI is InChI=1S/C21H25NO5/c1-5-12(2)17-10-16(6-7-18(17)23)27-21-13(3)8-15(9-14(21)4)22-19(24)11-20(25)26/h6-10,12,23H,5,11H2,1-4H3,(H,22,24)(H,25,26). The van der Waals surface area contributed by atoms with Crippen LogP contribution in [-0.2, 0) is 9.59 Å². The summed E-state index contributed by atoms with van der Waals surface area (Å²) in [4.78, 5) is 22.2. The summed E-state index contributed by atoms with van der Waals surface area (Å²) >= 11 is 0. The van der Waals surface area contributed by atoms with Crippen LogP contribution in [0.1, 0.15) is 49.3 Å². The zero-order chi connectivity index (χ0) is 20.1. The number of carbonyl (C=O) groups excluding carboxylic acids is 1. The number of aliphatic carboxylic acids is 1. The first-order valence-corrected chi connectivity index (χ1v) is 8.84. The van der Waals surface area contributed by atoms with Crippen molar-refractivity contribution in [3.05, 3.63) is 47.0 Å². The molecule has 0 saturated heterocycles. The number of benzene rings is 2. The van der Waals surface area contributed by atoms with Crippen molar-refractivity contribution < 1.29 is 24.5 Å². The van der Waals surface area contributed by atoms with Gasteiger partial charge in [0.25, 0.3) is 0 Å². The molecule has 6 nitrogen and oxygen atoms in total. The Kier molecular flexibility index (Phi) is 6.45. The summed E-state index contributed by atoms with van der Waals surface area (Å²) in [7, 11) is 0. The minimum atomic E-state index is -1.18. The summed E-state index contributed by atoms with van der Waals surface area (Å²) in [6.45, 7) is 7.81. The van der Waals surface area contributed by atoms with Gasteiger partial charge >= 0.3 is 5.97 Å². The Morgan fingerprint density at radius 3 is 2.33 bits per heavy atom. The van der Waals surface area contributed by atoms with Gasteiger partial charge < -0.3 is 20.3 Å². The molecule has 1 unspecified atom stereocenters. The number of nitrogens with one attached hydrogen (secondary N) is 1. The van der Waals surface area contributed by atoms with Gasteiger partial charge in [0.15, 0.2) is 0 Å². The molecule has 0 aliphatic heterocycles. The van der Waals surface area contributed by atoms with Gasteiger partial charge in [-0.3, -0.25) is 9.59 Å². The van der Waals surface area contributed by atoms with Crippen LogP contribution in [0.3, 0.4) is 0 Å². The SMILES string of the molecule is CCC(C)c1cc(Oc2c(C)cc(NC(=O)CC(=O)O)cc2C)ccc1O. The Morgan fingerprint density at radius 1 is 1.15 bits per heavy atom. The largest absolute Gasteiger partial charge is 0.508 e. The monoisotopic (exact) mass is 371 g/mol. The molecule has 1 amide bonds. The lowest BCUT2D eigenvalue weighted by Crippen LogP contribution is -2.16. The molecule has 144 valence electrons. The van der Waals surface area contributed by atoms with Gasteiger partial charge in [0.1, 0.15) is 23.7 Å². The van der Waals surface area contributed by atoms with E-state index in [0.717, 1.165) is 23.1 Å². The summed E-state index contributed by atoms with van der Waals surface area (Å²) in [5.41, 5.74) is 2.97. The lowest BCUT2D eigenvalue weighted by Gasteiger charge is -2.17. The fourth-order valence-electron chi connectivity index (χ4n) is 2.85. The first-order valence-electron chi connectivity index (χ1n) is 8.84. The number of phenols is 1. The highest BCUT2D eigenvalue weighted by molar-refractivity contribution is 6.01. The van der Waals surface area contributed by atoms with Crippen molar-refractivity contribution in [2.75, 3.05) is 5.32 Å². The van der Waals surface area contributed by atoms with Gasteiger partial charge in [0, 0.05) is 11.3 Å². The molecule has 0 aromatic heterocycles. The third kappa shape index (κ3) is 5.23. The fourth-order valence-corrected chi connectivity index (χ4v) is 2.85. The molecule has 0 bridgehead atoms. The number of phenolic OH excluding ortho intramolecular Hbond substituents is 1. The van der Waals surface area contributed by atoms with Crippen molar-refractivity contribution in [3.8, 4) is 17.2 Å². The fraction of sp³-hybridized carbons (Fsp3) is 0.333. The number of rotatable bonds is 7. The third-order valence-electron chi connectivity index (χ3n) is 4.42. The van der Waals surface area contributed by atoms with E-state index in [1.165, 1.54) is 0 Å². The highest BCUT2D eigenvalue weighted by Gasteiger charge is 2.14. The average molecular weight is 371 g/mol. The number of carboxylic acid groups (broad SMARTS) is 1. The molecular weight excluding hydrogens is 346 g/mol. The maximum atomic E-state index is 11.6. The molecule has 2 aromatic carbocycles. The Balaban J connectivity index is 2.25. The summed E-state index contributed by atoms with van der Waals surface area (Å²) in [6.07, 6.45) is 0.321. The van der Waals surface area contributed by atoms with Crippen molar-refractivity contribution in [1.29, 1.82) is 0 Å². The molecular formula is C21H25NO5. The molecule has 1 atom stereocenters. The van der Waals surface area contributed by atoms with Crippen LogP contribution in [0.2, 0.25) is 0 Å². The van der Waals surface area contributed by atoms with Crippen LogP contribution >= 0.6 is 0 Å². The number of carboxylic acids is 1. The zero-order valence-electron chi connectivity index (χ0n) is 16.0. The highest BCUT2D eigenvalue weighted by Crippen LogP contribution is 2.36. The first kappa shape index (κ1) is 20.3. The van der Waals surface area contributed by atoms with E-state index >= 15 is 0 Å². The lowest BCUT2D eigenvalue weighted by molar-refractivity contribution is -0.139. The normalized spacial score (nSPS) is 11.7. The Labute approximate surface area is 158 Å². The maximum Gasteiger partial charge on any atom is 0.312 e. The molecule has 0 aliphatic rings. The summed E-state index contributed by atoms with van der Waals surface area (Å²) in [5, 5.41) is 21.3. The zero-order valence-corrected chi connectivity index (χ0v) is 16.0. The molecule has 0 aliphatic carbocycles. The minimum absolute atomic E-state index is 0.211. The molecule has 2 rings (SSSR count). The number of hydrogen-bond acceptors (Lipinski definition) is 4. The third-order valence-corrected chi connectivity index (χ3v) is 4.42. The number of hydrogen-bond donors (Lipinski definition) is 3. The first-order chi connectivity index (χ1) is 12.7. The maximum absolute atomic E-state index is 11.6. The molecule has 3 N–H and O–H groups in total. The van der Waals surface area contributed by atoms with Crippen molar-refractivity contribution in [3.63, 3.8) is 0 Å². The van der Waals surface area contributed by atoms with E-state index in [-0.39, 0.29) is 11.7 Å². The average Bonchev–Trinajstić information content (AvgIpc) is 2.58. The van der Waals surface area contributed by atoms with E-state index in [2.05, 4.69) is 12.2 Å². The van der Waals surface area contributed by atoms with E-state index in [4.69, 9.17) is 9.84 Å². The van der Waals surface area contributed by atoms with Gasteiger partial charge in [-0.05, 0) is 67.6 Å². The van der Waals surface area contributed by atoms with Gasteiger partial charge in [-0.25, -0.2) is 0 Å². The quantitative estimate of drug-likeness (QED) is 0.612. The molecule has 0 fully saturated rings. The predicted molar refractivity (Wildman–Crippen MR) is 104 cm³/mol. The molecule has 0 radical (unpaired) electrons. The Hall–Kier alpha value is -3.02. The van der Waals surface area contributed by atoms with Gasteiger partial charge in [-0.15, -0.1) is 0 Å². The summed E-state index contributed by atoms with van der Waals surface area (Å²) in [6, 6.07) is 8.64. The number of amides is 1. The molecule has 2 aromatic rings. The minimum Gasteiger partial charge on any atom is -0.508 e. The van der Waals surface area contributed by atoms with Crippen LogP contribution in [0.5, 0.6) is 17.2 Å². The Bertz CT molecular complexity index is 837. The van der Waals surface area contributed by atoms with Crippen LogP contribution in [0, 0.1) is 13.8 Å². The second-order valence-corrected chi connectivity index (χ2v) is 6.69. The molecule has 0 saturated carbocycles. The smallest absolute Gasteiger partial charge is 0.312 e. The van der Waals surface area contributed by atoms with E-state index in [1.807, 2.05) is 26.8 Å². The van der Waals surface area contributed by atoms with Gasteiger partial charge in [-0.1, -0.05) is 13.8 Å². The van der Waals surface area contributed by atoms with Crippen LogP contribution in [0.15, 0.2) is 30.3 Å². The van der Waals surface area contributed by atoms with E-state index in [0.29, 0.717) is 17.2 Å². The number of ether oxygens (including phenoxy) is 1. The van der Waals surface area contributed by atoms with Gasteiger partial charge in [0.2, 0.25) is 5.91 Å². The Morgan fingerprint density at radius 2 is 1.78 bits per heavy atom. The molecule has 0 spiro atoms. The van der Waals surface area contributed by atoms with Crippen LogP contribution in [0.4, 0.5) is 5.69 Å². The van der Waals surface area contributed by atoms with E-state index < -0.39 is 18.3 Å². The number of aryl methyl sites for hydroxylation is 2. The highest BCUT2D eigenvalue weighted by atomic mass is 16.5. The number of carbonyl (C=O) groups is 2.